The lowest BCUT2D eigenvalue weighted by atomic mass is 9.98. The van der Waals surface area contributed by atoms with Crippen molar-refractivity contribution in [3.63, 3.8) is 0 Å². The van der Waals surface area contributed by atoms with Gasteiger partial charge in [0.2, 0.25) is 5.69 Å². The van der Waals surface area contributed by atoms with E-state index >= 15 is 0 Å². The molecule has 1 aliphatic rings. The van der Waals surface area contributed by atoms with Crippen molar-refractivity contribution in [3.05, 3.63) is 83.7 Å². The van der Waals surface area contributed by atoms with Gasteiger partial charge in [-0.1, -0.05) is 48.5 Å². The Bertz CT molecular complexity index is 1040. The maximum absolute atomic E-state index is 10.7. The SMILES string of the molecule is CCOc1cc[nH+]c([C@H](C)OP(O)(=S)OCC2c3ccccc3-c3ccccc32)c1. The minimum absolute atomic E-state index is 0.0126. The van der Waals surface area contributed by atoms with E-state index in [0.717, 1.165) is 11.4 Å². The molecule has 3 aromatic rings. The van der Waals surface area contributed by atoms with Gasteiger partial charge in [-0.15, -0.1) is 0 Å². The van der Waals surface area contributed by atoms with Gasteiger partial charge < -0.3 is 14.2 Å². The molecule has 1 aliphatic carbocycles. The van der Waals surface area contributed by atoms with Gasteiger partial charge in [0.1, 0.15) is 11.9 Å². The van der Waals surface area contributed by atoms with E-state index in [1.54, 1.807) is 6.20 Å². The molecule has 0 fully saturated rings. The lowest BCUT2D eigenvalue weighted by Crippen LogP contribution is -2.15. The molecule has 5 nitrogen and oxygen atoms in total. The Morgan fingerprint density at radius 1 is 1.07 bits per heavy atom. The third kappa shape index (κ3) is 4.48. The fraction of sp³-hybridized carbons (Fsp3) is 0.261. The zero-order valence-corrected chi connectivity index (χ0v) is 18.7. The van der Waals surface area contributed by atoms with Gasteiger partial charge in [0, 0.05) is 12.0 Å². The fourth-order valence-corrected chi connectivity index (χ4v) is 5.33. The van der Waals surface area contributed by atoms with Gasteiger partial charge >= 0.3 is 6.72 Å². The molecule has 0 saturated carbocycles. The van der Waals surface area contributed by atoms with E-state index in [4.69, 9.17) is 25.6 Å². The predicted octanol–water partition coefficient (Wildman–Crippen LogP) is 5.02. The summed E-state index contributed by atoms with van der Waals surface area (Å²) in [6, 6.07) is 20.2. The third-order valence-electron chi connectivity index (χ3n) is 5.20. The lowest BCUT2D eigenvalue weighted by molar-refractivity contribution is -0.398. The Morgan fingerprint density at radius 3 is 2.33 bits per heavy atom. The summed E-state index contributed by atoms with van der Waals surface area (Å²) in [5.74, 6) is 0.742. The number of H-pyrrole nitrogens is 1. The summed E-state index contributed by atoms with van der Waals surface area (Å²) in [4.78, 5) is 13.8. The summed E-state index contributed by atoms with van der Waals surface area (Å²) in [5.41, 5.74) is 5.51. The maximum atomic E-state index is 10.7. The highest BCUT2D eigenvalue weighted by atomic mass is 32.5. The van der Waals surface area contributed by atoms with Crippen LogP contribution in [0.5, 0.6) is 5.75 Å². The van der Waals surface area contributed by atoms with Crippen molar-refractivity contribution in [2.75, 3.05) is 13.2 Å². The summed E-state index contributed by atoms with van der Waals surface area (Å²) in [5, 5.41) is 0. The Balaban J connectivity index is 1.47. The van der Waals surface area contributed by atoms with Crippen molar-refractivity contribution in [2.24, 2.45) is 0 Å². The molecule has 4 rings (SSSR count). The number of benzene rings is 2. The Morgan fingerprint density at radius 2 is 1.70 bits per heavy atom. The van der Waals surface area contributed by atoms with Gasteiger partial charge in [0.05, 0.1) is 19.3 Å². The summed E-state index contributed by atoms with van der Waals surface area (Å²) in [6.45, 7) is 1.14. The molecule has 2 N–H and O–H groups in total. The minimum Gasteiger partial charge on any atom is -0.493 e. The van der Waals surface area contributed by atoms with Crippen LogP contribution >= 0.6 is 6.72 Å². The highest BCUT2D eigenvalue weighted by Crippen LogP contribution is 2.51. The van der Waals surface area contributed by atoms with Gasteiger partial charge in [0.15, 0.2) is 6.20 Å². The number of hydrogen-bond donors (Lipinski definition) is 1. The van der Waals surface area contributed by atoms with Crippen LogP contribution in [0.15, 0.2) is 66.9 Å². The highest BCUT2D eigenvalue weighted by molar-refractivity contribution is 8.07. The summed E-state index contributed by atoms with van der Waals surface area (Å²) in [7, 11) is 0. The van der Waals surface area contributed by atoms with Crippen LogP contribution in [0.3, 0.4) is 0 Å². The Labute approximate surface area is 181 Å². The number of ether oxygens (including phenoxy) is 1. The molecule has 0 bridgehead atoms. The van der Waals surface area contributed by atoms with Crippen molar-refractivity contribution >= 4 is 18.5 Å². The summed E-state index contributed by atoms with van der Waals surface area (Å²) >= 11 is 5.31. The van der Waals surface area contributed by atoms with Gasteiger partial charge in [0.25, 0.3) is 0 Å². The largest absolute Gasteiger partial charge is 0.493 e. The number of hydrogen-bond acceptors (Lipinski definition) is 4. The van der Waals surface area contributed by atoms with Gasteiger partial charge in [-0.25, -0.2) is 4.98 Å². The van der Waals surface area contributed by atoms with Crippen LogP contribution < -0.4 is 9.72 Å². The molecule has 0 spiro atoms. The quantitative estimate of drug-likeness (QED) is 0.496. The Kier molecular flexibility index (Phi) is 6.32. The van der Waals surface area contributed by atoms with Crippen molar-refractivity contribution < 1.29 is 23.7 Å². The Hall–Kier alpha value is -2.08. The predicted molar refractivity (Wildman–Crippen MR) is 120 cm³/mol. The van der Waals surface area contributed by atoms with Crippen molar-refractivity contribution in [1.82, 2.24) is 0 Å². The van der Waals surface area contributed by atoms with E-state index in [9.17, 15) is 4.89 Å². The van der Waals surface area contributed by atoms with E-state index in [1.165, 1.54) is 22.3 Å². The molecule has 1 aromatic heterocycles. The average Bonchev–Trinajstić information content (AvgIpc) is 3.06. The maximum Gasteiger partial charge on any atom is 0.325 e. The molecular formula is C23H25NO4PS+. The van der Waals surface area contributed by atoms with E-state index in [1.807, 2.05) is 50.2 Å². The molecule has 156 valence electrons. The van der Waals surface area contributed by atoms with Crippen LogP contribution in [0.2, 0.25) is 0 Å². The summed E-state index contributed by atoms with van der Waals surface area (Å²) in [6.07, 6.45) is 1.30. The molecular weight excluding hydrogens is 417 g/mol. The molecule has 0 amide bonds. The fourth-order valence-electron chi connectivity index (χ4n) is 3.85. The monoisotopic (exact) mass is 442 g/mol. The number of pyridine rings is 1. The van der Waals surface area contributed by atoms with Crippen LogP contribution in [0.4, 0.5) is 0 Å². The molecule has 0 aliphatic heterocycles. The molecule has 1 heterocycles. The highest BCUT2D eigenvalue weighted by Gasteiger charge is 2.31. The molecule has 7 heteroatoms. The topological polar surface area (TPSA) is 62.1 Å². The smallest absolute Gasteiger partial charge is 0.325 e. The molecule has 0 radical (unpaired) electrons. The zero-order valence-electron chi connectivity index (χ0n) is 16.9. The van der Waals surface area contributed by atoms with Crippen molar-refractivity contribution in [2.45, 2.75) is 25.9 Å². The first kappa shape index (κ1) is 21.2. The second kappa shape index (κ2) is 8.96. The molecule has 2 aromatic carbocycles. The third-order valence-corrected chi connectivity index (χ3v) is 6.84. The molecule has 2 atom stereocenters. The van der Waals surface area contributed by atoms with Gasteiger partial charge in [-0.3, -0.25) is 4.52 Å². The first-order valence-corrected chi connectivity index (χ1v) is 12.6. The molecule has 1 unspecified atom stereocenters. The standard InChI is InChI=1S/C23H24NO4PS/c1-3-26-17-12-13-24-23(14-17)16(2)28-29(25,30)27-15-22-20-10-6-4-8-18(20)19-9-5-7-11-21(19)22/h4-14,16,22H,3,15H2,1-2H3,(H,25,30)/p+1/t16-,29?/m0/s1. The first-order chi connectivity index (χ1) is 14.5. The van der Waals surface area contributed by atoms with Crippen LogP contribution in [0, 0.1) is 0 Å². The number of nitrogens with one attached hydrogen (secondary N) is 1. The van der Waals surface area contributed by atoms with Crippen LogP contribution in [0.1, 0.15) is 42.7 Å². The lowest BCUT2D eigenvalue weighted by Gasteiger charge is -2.21. The normalized spacial score (nSPS) is 15.8. The number of aromatic amines is 1. The second-order valence-electron chi connectivity index (χ2n) is 7.15. The van der Waals surface area contributed by atoms with Gasteiger partial charge in [-0.05, 0) is 47.9 Å². The second-order valence-corrected chi connectivity index (χ2v) is 9.94. The van der Waals surface area contributed by atoms with E-state index < -0.39 is 12.8 Å². The average molecular weight is 442 g/mol. The number of aromatic nitrogens is 1. The van der Waals surface area contributed by atoms with Crippen LogP contribution in [-0.2, 0) is 20.9 Å². The van der Waals surface area contributed by atoms with Crippen molar-refractivity contribution in [3.8, 4) is 16.9 Å². The zero-order chi connectivity index (χ0) is 21.1. The molecule has 30 heavy (non-hydrogen) atoms. The summed E-state index contributed by atoms with van der Waals surface area (Å²) < 4.78 is 17.1. The first-order valence-electron chi connectivity index (χ1n) is 9.97. The minimum atomic E-state index is -3.45. The molecule has 0 saturated heterocycles. The van der Waals surface area contributed by atoms with Crippen LogP contribution in [-0.4, -0.2) is 18.1 Å². The van der Waals surface area contributed by atoms with E-state index in [2.05, 4.69) is 29.2 Å². The number of fused-ring (bicyclic) bond motifs is 3. The van der Waals surface area contributed by atoms with E-state index in [0.29, 0.717) is 6.61 Å². The van der Waals surface area contributed by atoms with E-state index in [-0.39, 0.29) is 12.5 Å². The van der Waals surface area contributed by atoms with Crippen LogP contribution in [0.25, 0.3) is 11.1 Å². The van der Waals surface area contributed by atoms with Gasteiger partial charge in [-0.2, -0.15) is 0 Å². The van der Waals surface area contributed by atoms with Crippen molar-refractivity contribution in [1.29, 1.82) is 0 Å². The number of rotatable bonds is 8.